The van der Waals surface area contributed by atoms with Crippen LogP contribution in [0.15, 0.2) is 18.3 Å². The van der Waals surface area contributed by atoms with E-state index in [-0.39, 0.29) is 0 Å². The lowest BCUT2D eigenvalue weighted by molar-refractivity contribution is 0.512. The highest BCUT2D eigenvalue weighted by Gasteiger charge is 1.97. The third kappa shape index (κ3) is 7.58. The first-order valence-electron chi connectivity index (χ1n) is 7.28. The average Bonchev–Trinajstić information content (AvgIpc) is 2.41. The van der Waals surface area contributed by atoms with E-state index < -0.39 is 0 Å². The van der Waals surface area contributed by atoms with Gasteiger partial charge >= 0.3 is 0 Å². The normalized spacial score (nSPS) is 10.6. The van der Waals surface area contributed by atoms with Crippen LogP contribution in [0.3, 0.4) is 0 Å². The van der Waals surface area contributed by atoms with Gasteiger partial charge in [0.05, 0.1) is 0 Å². The van der Waals surface area contributed by atoms with E-state index in [9.17, 15) is 0 Å². The lowest BCUT2D eigenvalue weighted by Gasteiger charge is -2.06. The van der Waals surface area contributed by atoms with E-state index in [0.717, 1.165) is 24.6 Å². The van der Waals surface area contributed by atoms with Crippen molar-refractivity contribution in [2.75, 3.05) is 6.54 Å². The summed E-state index contributed by atoms with van der Waals surface area (Å²) in [5.41, 5.74) is 1.62. The molecule has 0 aliphatic heterocycles. The van der Waals surface area contributed by atoms with E-state index in [1.807, 2.05) is 12.1 Å². The van der Waals surface area contributed by atoms with Crippen LogP contribution in [0.5, 0.6) is 0 Å². The number of unbranched alkanes of at least 4 members (excludes halogenated alkanes) is 3. The van der Waals surface area contributed by atoms with Crippen LogP contribution in [0.4, 0.5) is 0 Å². The summed E-state index contributed by atoms with van der Waals surface area (Å²) in [4.78, 5) is 3.96. The molecule has 0 saturated carbocycles. The van der Waals surface area contributed by atoms with Crippen LogP contribution in [0.1, 0.15) is 57.2 Å². The molecular formula is C16H25N3. The molecule has 0 unspecified atom stereocenters. The molecule has 0 aliphatic rings. The Bertz CT molecular complexity index is 393. The predicted octanol–water partition coefficient (Wildman–Crippen LogP) is 3.65. The fourth-order valence-corrected chi connectivity index (χ4v) is 2.03. The molecule has 1 aromatic heterocycles. The maximum absolute atomic E-state index is 8.76. The Morgan fingerprint density at radius 3 is 2.79 bits per heavy atom. The molecule has 1 rings (SSSR count). The number of aromatic nitrogens is 1. The molecular weight excluding hydrogens is 234 g/mol. The second-order valence-electron chi connectivity index (χ2n) is 5.43. The highest BCUT2D eigenvalue weighted by molar-refractivity contribution is 5.25. The Labute approximate surface area is 117 Å². The van der Waals surface area contributed by atoms with Crippen molar-refractivity contribution in [3.05, 3.63) is 29.6 Å². The molecule has 1 N–H and O–H groups in total. The number of hydrogen-bond acceptors (Lipinski definition) is 3. The van der Waals surface area contributed by atoms with Crippen LogP contribution in [0, 0.1) is 17.2 Å². The third-order valence-corrected chi connectivity index (χ3v) is 3.15. The molecule has 0 spiro atoms. The first kappa shape index (κ1) is 15.7. The molecule has 1 heterocycles. The zero-order valence-corrected chi connectivity index (χ0v) is 12.2. The van der Waals surface area contributed by atoms with Gasteiger partial charge in [0.2, 0.25) is 0 Å². The minimum Gasteiger partial charge on any atom is -0.313 e. The first-order chi connectivity index (χ1) is 9.22. The van der Waals surface area contributed by atoms with Crippen molar-refractivity contribution < 1.29 is 0 Å². The molecule has 0 radical (unpaired) electrons. The second-order valence-corrected chi connectivity index (χ2v) is 5.43. The number of nitriles is 1. The highest BCUT2D eigenvalue weighted by atomic mass is 14.8. The Balaban J connectivity index is 2.03. The summed E-state index contributed by atoms with van der Waals surface area (Å²) in [6.45, 7) is 6.44. The van der Waals surface area contributed by atoms with Crippen LogP contribution in [-0.2, 0) is 6.54 Å². The molecule has 1 aromatic rings. The second kappa shape index (κ2) is 9.52. The summed E-state index contributed by atoms with van der Waals surface area (Å²) < 4.78 is 0. The number of nitrogens with zero attached hydrogens (tertiary/aromatic N) is 2. The molecule has 3 nitrogen and oxygen atoms in total. The molecule has 0 fully saturated rings. The number of hydrogen-bond donors (Lipinski definition) is 1. The van der Waals surface area contributed by atoms with E-state index in [0.29, 0.717) is 5.69 Å². The Morgan fingerprint density at radius 2 is 2.05 bits per heavy atom. The van der Waals surface area contributed by atoms with E-state index in [4.69, 9.17) is 5.26 Å². The third-order valence-electron chi connectivity index (χ3n) is 3.15. The van der Waals surface area contributed by atoms with Crippen molar-refractivity contribution in [3.8, 4) is 6.07 Å². The van der Waals surface area contributed by atoms with Crippen LogP contribution in [0.2, 0.25) is 0 Å². The SMILES string of the molecule is CC(C)CCCCCCNCc1ccnc(C#N)c1. The van der Waals surface area contributed by atoms with Crippen molar-refractivity contribution >= 4 is 0 Å². The Morgan fingerprint density at radius 1 is 1.26 bits per heavy atom. The fourth-order valence-electron chi connectivity index (χ4n) is 2.03. The van der Waals surface area contributed by atoms with Crippen molar-refractivity contribution in [1.29, 1.82) is 5.26 Å². The number of pyridine rings is 1. The van der Waals surface area contributed by atoms with Gasteiger partial charge in [-0.3, -0.25) is 0 Å². The summed E-state index contributed by atoms with van der Waals surface area (Å²) in [5, 5.41) is 12.2. The molecule has 3 heteroatoms. The van der Waals surface area contributed by atoms with Crippen molar-refractivity contribution in [3.63, 3.8) is 0 Å². The van der Waals surface area contributed by atoms with E-state index in [1.165, 1.54) is 32.1 Å². The summed E-state index contributed by atoms with van der Waals surface area (Å²) in [6.07, 6.45) is 8.28. The van der Waals surface area contributed by atoms with Crippen LogP contribution in [-0.4, -0.2) is 11.5 Å². The minimum absolute atomic E-state index is 0.494. The quantitative estimate of drug-likeness (QED) is 0.689. The van der Waals surface area contributed by atoms with Gasteiger partial charge in [0, 0.05) is 12.7 Å². The minimum atomic E-state index is 0.494. The Kier molecular flexibility index (Phi) is 7.84. The lowest BCUT2D eigenvalue weighted by atomic mass is 10.0. The van der Waals surface area contributed by atoms with Gasteiger partial charge in [-0.2, -0.15) is 5.26 Å². The molecule has 19 heavy (non-hydrogen) atoms. The summed E-state index contributed by atoms with van der Waals surface area (Å²) in [5.74, 6) is 0.833. The van der Waals surface area contributed by atoms with Gasteiger partial charge < -0.3 is 5.32 Å². The standard InChI is InChI=1S/C16H25N3/c1-14(2)7-5-3-4-6-9-18-13-15-8-10-19-16(11-15)12-17/h8,10-11,14,18H,3-7,9,13H2,1-2H3. The van der Waals surface area contributed by atoms with Crippen molar-refractivity contribution in [2.45, 2.75) is 52.5 Å². The van der Waals surface area contributed by atoms with Gasteiger partial charge in [0.1, 0.15) is 11.8 Å². The monoisotopic (exact) mass is 259 g/mol. The van der Waals surface area contributed by atoms with Gasteiger partial charge in [0.15, 0.2) is 0 Å². The Hall–Kier alpha value is -1.40. The molecule has 0 bridgehead atoms. The van der Waals surface area contributed by atoms with E-state index >= 15 is 0 Å². The smallest absolute Gasteiger partial charge is 0.140 e. The van der Waals surface area contributed by atoms with Gasteiger partial charge in [-0.15, -0.1) is 0 Å². The summed E-state index contributed by atoms with van der Waals surface area (Å²) in [7, 11) is 0. The molecule has 0 amide bonds. The largest absolute Gasteiger partial charge is 0.313 e. The summed E-state index contributed by atoms with van der Waals surface area (Å²) in [6, 6.07) is 5.86. The van der Waals surface area contributed by atoms with Gasteiger partial charge in [-0.05, 0) is 36.6 Å². The predicted molar refractivity (Wildman–Crippen MR) is 78.6 cm³/mol. The topological polar surface area (TPSA) is 48.7 Å². The van der Waals surface area contributed by atoms with Gasteiger partial charge in [-0.1, -0.05) is 39.5 Å². The van der Waals surface area contributed by atoms with Gasteiger partial charge in [-0.25, -0.2) is 4.98 Å². The van der Waals surface area contributed by atoms with Gasteiger partial charge in [0.25, 0.3) is 0 Å². The van der Waals surface area contributed by atoms with E-state index in [1.54, 1.807) is 6.20 Å². The van der Waals surface area contributed by atoms with Crippen molar-refractivity contribution in [2.24, 2.45) is 5.92 Å². The van der Waals surface area contributed by atoms with Crippen LogP contribution >= 0.6 is 0 Å². The molecule has 0 saturated heterocycles. The molecule has 104 valence electrons. The molecule has 0 atom stereocenters. The summed E-state index contributed by atoms with van der Waals surface area (Å²) >= 11 is 0. The number of nitrogens with one attached hydrogen (secondary N) is 1. The fraction of sp³-hybridized carbons (Fsp3) is 0.625. The highest BCUT2D eigenvalue weighted by Crippen LogP contribution is 2.09. The van der Waals surface area contributed by atoms with Crippen LogP contribution < -0.4 is 5.32 Å². The molecule has 0 aliphatic carbocycles. The maximum atomic E-state index is 8.76. The van der Waals surface area contributed by atoms with Crippen LogP contribution in [0.25, 0.3) is 0 Å². The van der Waals surface area contributed by atoms with Crippen molar-refractivity contribution in [1.82, 2.24) is 10.3 Å². The maximum Gasteiger partial charge on any atom is 0.140 e. The number of rotatable bonds is 9. The molecule has 0 aromatic carbocycles. The zero-order chi connectivity index (χ0) is 13.9. The first-order valence-corrected chi connectivity index (χ1v) is 7.28. The zero-order valence-electron chi connectivity index (χ0n) is 12.2. The van der Waals surface area contributed by atoms with E-state index in [2.05, 4.69) is 30.2 Å². The lowest BCUT2D eigenvalue weighted by Crippen LogP contribution is -2.14. The average molecular weight is 259 g/mol.